The number of alkyl halides is 3. The van der Waals surface area contributed by atoms with Crippen LogP contribution in [0.15, 0.2) is 18.2 Å². The summed E-state index contributed by atoms with van der Waals surface area (Å²) in [4.78, 5) is 53.0. The maximum absolute atomic E-state index is 13.9. The van der Waals surface area contributed by atoms with Crippen molar-refractivity contribution in [3.05, 3.63) is 51.6 Å². The number of nitrogens with one attached hydrogen (secondary N) is 1. The third-order valence-electron chi connectivity index (χ3n) is 9.32. The highest BCUT2D eigenvalue weighted by atomic mass is 32.2. The molecule has 0 spiro atoms. The van der Waals surface area contributed by atoms with Gasteiger partial charge in [0.05, 0.1) is 47.8 Å². The van der Waals surface area contributed by atoms with E-state index in [1.165, 1.54) is 44.0 Å². The number of ketones is 3. The summed E-state index contributed by atoms with van der Waals surface area (Å²) in [6, 6.07) is 2.75. The second-order valence-corrected chi connectivity index (χ2v) is 13.8. The average Bonchev–Trinajstić information content (AvgIpc) is 3.06. The summed E-state index contributed by atoms with van der Waals surface area (Å²) in [5.41, 5.74) is -4.09. The first-order valence-electron chi connectivity index (χ1n) is 16.1. The summed E-state index contributed by atoms with van der Waals surface area (Å²) in [7, 11) is 1.28. The van der Waals surface area contributed by atoms with E-state index in [0.717, 1.165) is 19.3 Å². The number of fused-ring (bicyclic) bond motifs is 3. The van der Waals surface area contributed by atoms with Crippen LogP contribution in [0.2, 0.25) is 0 Å². The Morgan fingerprint density at radius 1 is 1.10 bits per heavy atom. The molecule has 1 amide bonds. The summed E-state index contributed by atoms with van der Waals surface area (Å²) in [5, 5.41) is 47.4. The second kappa shape index (κ2) is 14.5. The van der Waals surface area contributed by atoms with E-state index in [2.05, 4.69) is 0 Å². The zero-order valence-electron chi connectivity index (χ0n) is 27.5. The van der Waals surface area contributed by atoms with Crippen LogP contribution in [0.5, 0.6) is 17.2 Å². The highest BCUT2D eigenvalue weighted by Crippen LogP contribution is 2.52. The fraction of sp³-hybridized carbons (Fsp3) is 0.529. The molecule has 2 aliphatic carbocycles. The van der Waals surface area contributed by atoms with Crippen LogP contribution in [0.1, 0.15) is 95.0 Å². The van der Waals surface area contributed by atoms with Crippen molar-refractivity contribution in [2.45, 2.75) is 94.8 Å². The first-order valence-corrected chi connectivity index (χ1v) is 17.3. The Morgan fingerprint density at radius 2 is 1.80 bits per heavy atom. The molecule has 4 unspecified atom stereocenters. The van der Waals surface area contributed by atoms with Gasteiger partial charge in [0.2, 0.25) is 5.78 Å². The van der Waals surface area contributed by atoms with Gasteiger partial charge in [-0.05, 0) is 25.2 Å². The number of amides is 1. The van der Waals surface area contributed by atoms with Gasteiger partial charge in [-0.15, -0.1) is 0 Å². The van der Waals surface area contributed by atoms with Gasteiger partial charge in [0, 0.05) is 36.0 Å². The maximum Gasteiger partial charge on any atom is 0.471 e. The van der Waals surface area contributed by atoms with E-state index < -0.39 is 108 Å². The number of hydrogen-bond donors (Lipinski definition) is 5. The van der Waals surface area contributed by atoms with Gasteiger partial charge in [-0.1, -0.05) is 31.9 Å². The summed E-state index contributed by atoms with van der Waals surface area (Å²) in [5.74, 6) is -5.63. The number of benzene rings is 2. The minimum absolute atomic E-state index is 0.0300. The largest absolute Gasteiger partial charge is 0.507 e. The van der Waals surface area contributed by atoms with Gasteiger partial charge in [-0.2, -0.15) is 24.9 Å². The number of Topliss-reactive ketones (excluding diaryl/α,β-unsaturated/α-hetero) is 1. The van der Waals surface area contributed by atoms with E-state index in [9.17, 15) is 52.8 Å². The minimum atomic E-state index is -5.25. The van der Waals surface area contributed by atoms with Crippen LogP contribution in [0, 0.1) is 0 Å². The summed E-state index contributed by atoms with van der Waals surface area (Å²) in [6.45, 7) is 3.35. The number of methoxy groups -OCH3 is 1. The Bertz CT molecular complexity index is 1700. The van der Waals surface area contributed by atoms with E-state index in [0.29, 0.717) is 5.75 Å². The van der Waals surface area contributed by atoms with E-state index in [1.807, 2.05) is 6.92 Å². The molecule has 1 aliphatic heterocycles. The molecule has 16 heteroatoms. The Balaban J connectivity index is 1.57. The fourth-order valence-electron chi connectivity index (χ4n) is 6.72. The number of phenols is 2. The molecular weight excluding hydrogens is 687 g/mol. The van der Waals surface area contributed by atoms with E-state index in [4.69, 9.17) is 14.2 Å². The Labute approximate surface area is 289 Å². The molecule has 50 heavy (non-hydrogen) atoms. The number of aliphatic hydroxyl groups is 2. The molecule has 5 rings (SSSR count). The molecule has 1 saturated heterocycles. The van der Waals surface area contributed by atoms with Gasteiger partial charge >= 0.3 is 12.1 Å². The number of rotatable bonds is 11. The van der Waals surface area contributed by atoms with Gasteiger partial charge in [0.1, 0.15) is 29.0 Å². The lowest BCUT2D eigenvalue weighted by Gasteiger charge is -2.43. The standard InChI is InChI=1S/C34H38F3NO11S/c1-4-5-6-10-50-14-21(39)33(46)12-17-24(20(13-33)49-22-11-18(27(40)15(2)48-22)38-32(45)34(35,36)37)31(44)26-25(29(17)42)28(41)16-8-7-9-19(47-3)23(16)30(26)43/h7-9,15,18,20,22,27,40,42,44,46H,4-6,10-14H2,1-3H3,(H,38,45)/t15?,18?,20-,22?,27?,33-/m0/s1. The number of halogens is 3. The van der Waals surface area contributed by atoms with E-state index in [-0.39, 0.29) is 33.8 Å². The van der Waals surface area contributed by atoms with Crippen molar-refractivity contribution in [1.29, 1.82) is 0 Å². The average molecular weight is 726 g/mol. The molecule has 0 saturated carbocycles. The zero-order valence-corrected chi connectivity index (χ0v) is 28.3. The number of carbonyl (C=O) groups excluding carboxylic acids is 4. The lowest BCUT2D eigenvalue weighted by molar-refractivity contribution is -0.250. The normalized spacial score (nSPS) is 26.1. The van der Waals surface area contributed by atoms with Crippen molar-refractivity contribution in [3.63, 3.8) is 0 Å². The molecule has 2 aromatic rings. The molecule has 6 atom stereocenters. The van der Waals surface area contributed by atoms with Gasteiger partial charge in [0.25, 0.3) is 0 Å². The third kappa shape index (κ3) is 6.95. The molecule has 0 radical (unpaired) electrons. The molecule has 0 aromatic heterocycles. The highest BCUT2D eigenvalue weighted by molar-refractivity contribution is 7.99. The summed E-state index contributed by atoms with van der Waals surface area (Å²) < 4.78 is 56.3. The van der Waals surface area contributed by atoms with Gasteiger partial charge < -0.3 is 40.0 Å². The SMILES string of the molecule is CCCCCSCC(=O)[C@]1(O)Cc2c(O)c3c(c(O)c2[C@@H](OC2CC(NC(=O)C(F)(F)F)C(O)C(C)O2)C1)C(=O)c1c(OC)cccc1C3=O. The Kier molecular flexibility index (Phi) is 10.9. The number of phenolic OH excluding ortho intramolecular Hbond substituents is 2. The molecular formula is C34H38F3NO11S. The Morgan fingerprint density at radius 3 is 2.46 bits per heavy atom. The number of aromatic hydroxyl groups is 2. The van der Waals surface area contributed by atoms with Crippen LogP contribution >= 0.6 is 11.8 Å². The van der Waals surface area contributed by atoms with Crippen molar-refractivity contribution in [1.82, 2.24) is 5.32 Å². The van der Waals surface area contributed by atoms with Gasteiger partial charge in [-0.3, -0.25) is 19.2 Å². The maximum atomic E-state index is 13.9. The van der Waals surface area contributed by atoms with Crippen molar-refractivity contribution in [3.8, 4) is 17.2 Å². The molecule has 1 fully saturated rings. The van der Waals surface area contributed by atoms with Crippen molar-refractivity contribution in [2.24, 2.45) is 0 Å². The molecule has 2 aromatic carbocycles. The van der Waals surface area contributed by atoms with Crippen LogP contribution in [-0.2, 0) is 25.5 Å². The predicted octanol–water partition coefficient (Wildman–Crippen LogP) is 3.65. The first kappa shape index (κ1) is 37.6. The van der Waals surface area contributed by atoms with Crippen molar-refractivity contribution in [2.75, 3.05) is 18.6 Å². The summed E-state index contributed by atoms with van der Waals surface area (Å²) >= 11 is 1.29. The molecule has 1 heterocycles. The molecule has 0 bridgehead atoms. The minimum Gasteiger partial charge on any atom is -0.507 e. The lowest BCUT2D eigenvalue weighted by Crippen LogP contribution is -2.57. The topological polar surface area (TPSA) is 189 Å². The third-order valence-corrected chi connectivity index (χ3v) is 10.4. The second-order valence-electron chi connectivity index (χ2n) is 12.7. The van der Waals surface area contributed by atoms with E-state index >= 15 is 0 Å². The molecule has 272 valence electrons. The number of carbonyl (C=O) groups is 4. The summed E-state index contributed by atoms with van der Waals surface area (Å²) in [6.07, 6.45) is -9.94. The quantitative estimate of drug-likeness (QED) is 0.143. The Hall–Kier alpha value is -3.70. The number of hydrogen-bond acceptors (Lipinski definition) is 12. The van der Waals surface area contributed by atoms with Crippen molar-refractivity contribution >= 4 is 35.0 Å². The van der Waals surface area contributed by atoms with Gasteiger partial charge in [-0.25, -0.2) is 0 Å². The van der Waals surface area contributed by atoms with Gasteiger partial charge in [0.15, 0.2) is 17.9 Å². The molecule has 5 N–H and O–H groups in total. The smallest absolute Gasteiger partial charge is 0.471 e. The molecule has 3 aliphatic rings. The van der Waals surface area contributed by atoms with Crippen molar-refractivity contribution < 1.29 is 67.0 Å². The van der Waals surface area contributed by atoms with Crippen LogP contribution in [0.4, 0.5) is 13.2 Å². The molecule has 12 nitrogen and oxygen atoms in total. The van der Waals surface area contributed by atoms with Crippen LogP contribution in [-0.4, -0.2) is 98.6 Å². The van der Waals surface area contributed by atoms with Crippen LogP contribution in [0.25, 0.3) is 0 Å². The number of ether oxygens (including phenoxy) is 3. The monoisotopic (exact) mass is 725 g/mol. The van der Waals surface area contributed by atoms with E-state index in [1.54, 1.807) is 5.32 Å². The fourth-order valence-corrected chi connectivity index (χ4v) is 7.72. The first-order chi connectivity index (χ1) is 23.5. The van der Waals surface area contributed by atoms with Crippen LogP contribution in [0.3, 0.4) is 0 Å². The number of aliphatic hydroxyl groups excluding tert-OH is 1. The highest BCUT2D eigenvalue weighted by Gasteiger charge is 2.51. The van der Waals surface area contributed by atoms with Crippen LogP contribution < -0.4 is 10.1 Å². The zero-order chi connectivity index (χ0) is 36.7. The number of unbranched alkanes of at least 4 members (excludes halogenated alkanes) is 2. The lowest BCUT2D eigenvalue weighted by atomic mass is 9.72. The number of thioether (sulfide) groups is 1. The predicted molar refractivity (Wildman–Crippen MR) is 172 cm³/mol.